The van der Waals surface area contributed by atoms with E-state index in [1.807, 2.05) is 0 Å². The van der Waals surface area contributed by atoms with Gasteiger partial charge in [-0.2, -0.15) is 0 Å². The highest BCUT2D eigenvalue weighted by Crippen LogP contribution is 2.38. The molecule has 0 bridgehead atoms. The lowest BCUT2D eigenvalue weighted by Gasteiger charge is -2.15. The number of anilines is 2. The SMILES string of the molecule is COc1cc(/N=N/C2=C([N+](=O)[O-])C=C([N+](=O)[O-])CC=C2Br)c(NC(C)=O)cc1NCCOC(C)=O. The van der Waals surface area contributed by atoms with Crippen molar-refractivity contribution in [1.82, 2.24) is 0 Å². The molecule has 186 valence electrons. The number of carbonyl (C=O) groups is 2. The first-order chi connectivity index (χ1) is 16.5. The van der Waals surface area contributed by atoms with E-state index in [-0.39, 0.29) is 46.8 Å². The average molecular weight is 553 g/mol. The van der Waals surface area contributed by atoms with E-state index in [4.69, 9.17) is 9.47 Å². The van der Waals surface area contributed by atoms with Crippen LogP contribution in [0.4, 0.5) is 17.1 Å². The van der Waals surface area contributed by atoms with Gasteiger partial charge in [0.05, 0.1) is 40.8 Å². The summed E-state index contributed by atoms with van der Waals surface area (Å²) in [6, 6.07) is 2.94. The van der Waals surface area contributed by atoms with Crippen molar-refractivity contribution in [3.8, 4) is 5.75 Å². The third-order valence-corrected chi connectivity index (χ3v) is 5.00. The summed E-state index contributed by atoms with van der Waals surface area (Å²) in [5.74, 6) is -0.558. The number of carbonyl (C=O) groups excluding carboxylic acids is 2. The molecule has 2 rings (SSSR count). The number of azo groups is 1. The van der Waals surface area contributed by atoms with Crippen molar-refractivity contribution in [2.45, 2.75) is 20.3 Å². The average Bonchev–Trinajstić information content (AvgIpc) is 2.94. The Morgan fingerprint density at radius 3 is 2.43 bits per heavy atom. The Morgan fingerprint density at radius 2 is 1.86 bits per heavy atom. The number of nitrogens with zero attached hydrogens (tertiary/aromatic N) is 4. The first kappa shape index (κ1) is 27.1. The number of halogens is 1. The number of rotatable bonds is 10. The normalized spacial score (nSPS) is 13.5. The standard InChI is InChI=1S/C20H21BrN6O8/c1-11(28)23-15-9-17(22-6-7-35-12(2)29)19(34-3)10-16(15)24-25-20-14(21)5-4-13(26(30)31)8-18(20)27(32)33/h5,8-10,22H,4,6-7H2,1-3H3,(H,23,28)/b25-24+. The van der Waals surface area contributed by atoms with Crippen LogP contribution < -0.4 is 15.4 Å². The Morgan fingerprint density at radius 1 is 1.14 bits per heavy atom. The molecule has 1 aromatic carbocycles. The fraction of sp³-hybridized carbons (Fsp3) is 0.300. The third-order valence-electron chi connectivity index (χ3n) is 4.30. The molecule has 0 atom stereocenters. The molecule has 14 nitrogen and oxygen atoms in total. The number of allylic oxidation sites excluding steroid dienone is 3. The molecule has 1 aromatic rings. The van der Waals surface area contributed by atoms with E-state index < -0.39 is 27.4 Å². The van der Waals surface area contributed by atoms with Gasteiger partial charge in [0.1, 0.15) is 18.0 Å². The summed E-state index contributed by atoms with van der Waals surface area (Å²) in [5.41, 5.74) is -0.511. The number of hydrogen-bond donors (Lipinski definition) is 2. The summed E-state index contributed by atoms with van der Waals surface area (Å²) in [6.45, 7) is 2.90. The molecule has 0 saturated carbocycles. The van der Waals surface area contributed by atoms with Crippen LogP contribution in [0.5, 0.6) is 5.75 Å². The summed E-state index contributed by atoms with van der Waals surface area (Å²) < 4.78 is 10.4. The molecule has 0 aliphatic heterocycles. The number of benzene rings is 1. The van der Waals surface area contributed by atoms with E-state index in [9.17, 15) is 29.8 Å². The van der Waals surface area contributed by atoms with Crippen molar-refractivity contribution < 1.29 is 28.9 Å². The van der Waals surface area contributed by atoms with Gasteiger partial charge in [-0.1, -0.05) is 6.08 Å². The summed E-state index contributed by atoms with van der Waals surface area (Å²) in [5, 5.41) is 36.3. The van der Waals surface area contributed by atoms with Crippen LogP contribution in [-0.4, -0.2) is 42.0 Å². The lowest BCUT2D eigenvalue weighted by Crippen LogP contribution is -2.13. The third kappa shape index (κ3) is 7.70. The number of hydrogen-bond acceptors (Lipinski definition) is 11. The van der Waals surface area contributed by atoms with Gasteiger partial charge in [0.2, 0.25) is 5.91 Å². The molecule has 1 aliphatic rings. The Hall–Kier alpha value is -4.14. The molecule has 1 aliphatic carbocycles. The summed E-state index contributed by atoms with van der Waals surface area (Å²) in [4.78, 5) is 43.9. The number of nitro groups is 2. The number of nitrogens with one attached hydrogen (secondary N) is 2. The monoisotopic (exact) mass is 552 g/mol. The minimum Gasteiger partial charge on any atom is -0.495 e. The molecule has 0 unspecified atom stereocenters. The molecule has 35 heavy (non-hydrogen) atoms. The number of ether oxygens (including phenoxy) is 2. The van der Waals surface area contributed by atoms with E-state index in [0.717, 1.165) is 6.08 Å². The molecular weight excluding hydrogens is 532 g/mol. The molecule has 0 radical (unpaired) electrons. The lowest BCUT2D eigenvalue weighted by atomic mass is 10.2. The molecule has 0 saturated heterocycles. The van der Waals surface area contributed by atoms with E-state index in [2.05, 4.69) is 36.8 Å². The van der Waals surface area contributed by atoms with Gasteiger partial charge in [-0.3, -0.25) is 29.8 Å². The highest BCUT2D eigenvalue weighted by atomic mass is 79.9. The van der Waals surface area contributed by atoms with Crippen LogP contribution in [-0.2, 0) is 14.3 Å². The zero-order valence-electron chi connectivity index (χ0n) is 18.9. The first-order valence-corrected chi connectivity index (χ1v) is 10.7. The molecule has 0 fully saturated rings. The summed E-state index contributed by atoms with van der Waals surface area (Å²) >= 11 is 3.16. The van der Waals surface area contributed by atoms with Crippen LogP contribution in [0.15, 0.2) is 56.1 Å². The van der Waals surface area contributed by atoms with Gasteiger partial charge < -0.3 is 20.1 Å². The maximum absolute atomic E-state index is 11.7. The number of methoxy groups -OCH3 is 1. The highest BCUT2D eigenvalue weighted by Gasteiger charge is 2.27. The van der Waals surface area contributed by atoms with Gasteiger partial charge in [-0.25, -0.2) is 0 Å². The maximum Gasteiger partial charge on any atom is 0.304 e. The van der Waals surface area contributed by atoms with E-state index in [0.29, 0.717) is 11.4 Å². The lowest BCUT2D eigenvalue weighted by molar-refractivity contribution is -0.435. The van der Waals surface area contributed by atoms with Crippen LogP contribution in [0.1, 0.15) is 20.3 Å². The molecule has 1 amide bonds. The highest BCUT2D eigenvalue weighted by molar-refractivity contribution is 9.12. The van der Waals surface area contributed by atoms with Crippen molar-refractivity contribution in [2.75, 3.05) is 30.9 Å². The van der Waals surface area contributed by atoms with E-state index >= 15 is 0 Å². The van der Waals surface area contributed by atoms with Crippen molar-refractivity contribution in [3.05, 3.63) is 66.1 Å². The van der Waals surface area contributed by atoms with Crippen LogP contribution in [0.2, 0.25) is 0 Å². The van der Waals surface area contributed by atoms with Crippen LogP contribution >= 0.6 is 15.9 Å². The van der Waals surface area contributed by atoms with Gasteiger partial charge in [0.15, 0.2) is 5.70 Å². The van der Waals surface area contributed by atoms with Crippen LogP contribution in [0, 0.1) is 20.2 Å². The number of amides is 1. The van der Waals surface area contributed by atoms with Gasteiger partial charge in [0.25, 0.3) is 5.70 Å². The predicted molar refractivity (Wildman–Crippen MR) is 128 cm³/mol. The van der Waals surface area contributed by atoms with Gasteiger partial charge in [-0.05, 0) is 22.0 Å². The largest absolute Gasteiger partial charge is 0.495 e. The van der Waals surface area contributed by atoms with E-state index in [1.165, 1.54) is 39.2 Å². The maximum atomic E-state index is 11.7. The fourth-order valence-corrected chi connectivity index (χ4v) is 3.24. The summed E-state index contributed by atoms with van der Waals surface area (Å²) in [7, 11) is 1.40. The second-order valence-electron chi connectivity index (χ2n) is 6.86. The van der Waals surface area contributed by atoms with Gasteiger partial charge in [0, 0.05) is 30.9 Å². The van der Waals surface area contributed by atoms with Crippen molar-refractivity contribution in [3.63, 3.8) is 0 Å². The molecule has 0 aromatic heterocycles. The predicted octanol–water partition coefficient (Wildman–Crippen LogP) is 4.04. The van der Waals surface area contributed by atoms with Crippen LogP contribution in [0.3, 0.4) is 0 Å². The molecule has 0 heterocycles. The first-order valence-electron chi connectivity index (χ1n) is 9.91. The molecule has 15 heteroatoms. The smallest absolute Gasteiger partial charge is 0.304 e. The Bertz CT molecular complexity index is 1170. The molecule has 0 spiro atoms. The Kier molecular flexibility index (Phi) is 9.57. The van der Waals surface area contributed by atoms with Gasteiger partial charge >= 0.3 is 11.7 Å². The second-order valence-corrected chi connectivity index (χ2v) is 7.71. The molecular formula is C20H21BrN6O8. The van der Waals surface area contributed by atoms with Crippen molar-refractivity contribution in [2.24, 2.45) is 10.2 Å². The topological polar surface area (TPSA) is 188 Å². The Balaban J connectivity index is 2.53. The quantitative estimate of drug-likeness (QED) is 0.142. The van der Waals surface area contributed by atoms with Crippen molar-refractivity contribution >= 4 is 44.9 Å². The minimum absolute atomic E-state index is 0.0905. The molecule has 2 N–H and O–H groups in total. The van der Waals surface area contributed by atoms with Crippen LogP contribution in [0.25, 0.3) is 0 Å². The summed E-state index contributed by atoms with van der Waals surface area (Å²) in [6.07, 6.45) is 2.03. The van der Waals surface area contributed by atoms with E-state index in [1.54, 1.807) is 0 Å². The second kappa shape index (κ2) is 12.4. The van der Waals surface area contributed by atoms with Crippen molar-refractivity contribution in [1.29, 1.82) is 0 Å². The van der Waals surface area contributed by atoms with Gasteiger partial charge in [-0.15, -0.1) is 10.2 Å². The number of esters is 1. The zero-order valence-corrected chi connectivity index (χ0v) is 20.4. The minimum atomic E-state index is -0.802. The fourth-order valence-electron chi connectivity index (χ4n) is 2.80. The Labute approximate surface area is 207 Å². The zero-order chi connectivity index (χ0) is 26.1.